The first-order chi connectivity index (χ1) is 21.3. The Morgan fingerprint density at radius 2 is 0.907 bits per heavy atom. The van der Waals surface area contributed by atoms with Gasteiger partial charge in [-0.25, -0.2) is 4.79 Å². The Balaban J connectivity index is 1.33. The fraction of sp³-hybridized carbons (Fsp3) is 0. The largest absolute Gasteiger partial charge is 0.338 e. The number of fused-ring (bicyclic) bond motifs is 8. The van der Waals surface area contributed by atoms with Gasteiger partial charge in [0.25, 0.3) is 0 Å². The summed E-state index contributed by atoms with van der Waals surface area (Å²) < 4.78 is 6.02. The summed E-state index contributed by atoms with van der Waals surface area (Å²) in [5, 5.41) is 4.52. The monoisotopic (exact) mass is 551 g/mol. The van der Waals surface area contributed by atoms with Gasteiger partial charge in [-0.2, -0.15) is 0 Å². The standard InChI is InChI=1S/C39H25N3O/c43-39-41(30-14-5-2-6-15-30)37-22-20-27(24-33(37)38-25-28-11-7-9-17-34(28)42(38)39)26-19-21-36-32(23-26)31-16-8-10-18-35(31)40(36)29-12-3-1-4-13-29/h1-25H. The van der Waals surface area contributed by atoms with Gasteiger partial charge in [0.05, 0.1) is 33.3 Å². The molecule has 3 aromatic heterocycles. The molecule has 43 heavy (non-hydrogen) atoms. The Morgan fingerprint density at radius 3 is 1.63 bits per heavy atom. The van der Waals surface area contributed by atoms with Crippen LogP contribution in [0.1, 0.15) is 0 Å². The SMILES string of the molecule is O=c1n(-c2ccccc2)c2ccc(-c3ccc4c(c3)c3ccccc3n4-c3ccccc3)cc2c2cc3ccccc3n12. The molecule has 9 aromatic rings. The van der Waals surface area contributed by atoms with E-state index < -0.39 is 0 Å². The Morgan fingerprint density at radius 1 is 0.372 bits per heavy atom. The van der Waals surface area contributed by atoms with E-state index in [9.17, 15) is 4.79 Å². The van der Waals surface area contributed by atoms with Crippen molar-refractivity contribution in [1.29, 1.82) is 0 Å². The molecule has 0 atom stereocenters. The smallest absolute Gasteiger partial charge is 0.309 e. The number of aromatic nitrogens is 3. The lowest BCUT2D eigenvalue weighted by Gasteiger charge is -2.14. The van der Waals surface area contributed by atoms with Crippen LogP contribution < -0.4 is 5.69 Å². The van der Waals surface area contributed by atoms with E-state index in [1.807, 2.05) is 57.5 Å². The molecule has 0 radical (unpaired) electrons. The first kappa shape index (κ1) is 23.8. The van der Waals surface area contributed by atoms with Gasteiger partial charge < -0.3 is 4.57 Å². The summed E-state index contributed by atoms with van der Waals surface area (Å²) in [6, 6.07) is 52.5. The van der Waals surface area contributed by atoms with Crippen LogP contribution in [0.15, 0.2) is 156 Å². The summed E-state index contributed by atoms with van der Waals surface area (Å²) in [4.78, 5) is 14.1. The summed E-state index contributed by atoms with van der Waals surface area (Å²) in [5.41, 5.74) is 9.24. The minimum atomic E-state index is -0.0715. The van der Waals surface area contributed by atoms with Gasteiger partial charge >= 0.3 is 5.69 Å². The zero-order chi connectivity index (χ0) is 28.5. The van der Waals surface area contributed by atoms with E-state index in [1.54, 1.807) is 0 Å². The van der Waals surface area contributed by atoms with Crippen LogP contribution in [-0.4, -0.2) is 13.5 Å². The highest BCUT2D eigenvalue weighted by Gasteiger charge is 2.17. The van der Waals surface area contributed by atoms with Crippen molar-refractivity contribution in [3.63, 3.8) is 0 Å². The number of hydrogen-bond donors (Lipinski definition) is 0. The molecule has 4 nitrogen and oxygen atoms in total. The fourth-order valence-corrected chi connectivity index (χ4v) is 6.71. The fourth-order valence-electron chi connectivity index (χ4n) is 6.71. The van der Waals surface area contributed by atoms with Crippen molar-refractivity contribution < 1.29 is 0 Å². The second kappa shape index (κ2) is 9.07. The van der Waals surface area contributed by atoms with Crippen molar-refractivity contribution in [2.24, 2.45) is 0 Å². The van der Waals surface area contributed by atoms with E-state index in [-0.39, 0.29) is 5.69 Å². The minimum absolute atomic E-state index is 0.0715. The molecule has 0 fully saturated rings. The molecule has 0 bridgehead atoms. The van der Waals surface area contributed by atoms with E-state index in [0.29, 0.717) is 0 Å². The molecule has 0 amide bonds. The van der Waals surface area contributed by atoms with E-state index in [2.05, 4.69) is 108 Å². The minimum Gasteiger partial charge on any atom is -0.309 e. The maximum atomic E-state index is 14.1. The number of hydrogen-bond acceptors (Lipinski definition) is 1. The molecule has 0 aliphatic heterocycles. The lowest BCUT2D eigenvalue weighted by Crippen LogP contribution is -2.25. The van der Waals surface area contributed by atoms with Crippen molar-refractivity contribution in [3.8, 4) is 22.5 Å². The van der Waals surface area contributed by atoms with E-state index in [0.717, 1.165) is 49.8 Å². The Labute approximate surface area is 246 Å². The van der Waals surface area contributed by atoms with Crippen LogP contribution in [0.4, 0.5) is 0 Å². The van der Waals surface area contributed by atoms with E-state index in [1.165, 1.54) is 21.8 Å². The van der Waals surface area contributed by atoms with Gasteiger partial charge in [0.2, 0.25) is 0 Å². The molecular weight excluding hydrogens is 526 g/mol. The van der Waals surface area contributed by atoms with Crippen LogP contribution in [0.3, 0.4) is 0 Å². The maximum absolute atomic E-state index is 14.1. The number of rotatable bonds is 3. The van der Waals surface area contributed by atoms with Crippen LogP contribution in [0.2, 0.25) is 0 Å². The van der Waals surface area contributed by atoms with E-state index in [4.69, 9.17) is 0 Å². The normalized spacial score (nSPS) is 11.8. The quantitative estimate of drug-likeness (QED) is 0.215. The van der Waals surface area contributed by atoms with Crippen molar-refractivity contribution >= 4 is 49.1 Å². The van der Waals surface area contributed by atoms with Gasteiger partial charge in [-0.1, -0.05) is 84.9 Å². The topological polar surface area (TPSA) is 31.3 Å². The molecular formula is C39H25N3O. The first-order valence-electron chi connectivity index (χ1n) is 14.5. The third-order valence-corrected chi connectivity index (χ3v) is 8.64. The Hall–Kier alpha value is -5.87. The summed E-state index contributed by atoms with van der Waals surface area (Å²) in [7, 11) is 0. The van der Waals surface area contributed by atoms with Gasteiger partial charge in [0.15, 0.2) is 0 Å². The molecule has 6 aromatic carbocycles. The molecule has 0 unspecified atom stereocenters. The van der Waals surface area contributed by atoms with Crippen molar-refractivity contribution in [2.45, 2.75) is 0 Å². The lowest BCUT2D eigenvalue weighted by atomic mass is 10.0. The predicted molar refractivity (Wildman–Crippen MR) is 178 cm³/mol. The van der Waals surface area contributed by atoms with E-state index >= 15 is 0 Å². The predicted octanol–water partition coefficient (Wildman–Crippen LogP) is 9.16. The Kier molecular flexibility index (Phi) is 5.02. The molecule has 0 spiro atoms. The highest BCUT2D eigenvalue weighted by molar-refractivity contribution is 6.11. The Bertz CT molecular complexity index is 2570. The van der Waals surface area contributed by atoms with Crippen LogP contribution in [-0.2, 0) is 0 Å². The third-order valence-electron chi connectivity index (χ3n) is 8.64. The molecule has 0 N–H and O–H groups in total. The first-order valence-corrected chi connectivity index (χ1v) is 14.5. The van der Waals surface area contributed by atoms with Gasteiger partial charge in [-0.3, -0.25) is 8.97 Å². The summed E-state index contributed by atoms with van der Waals surface area (Å²) in [5.74, 6) is 0. The lowest BCUT2D eigenvalue weighted by molar-refractivity contribution is 0.936. The van der Waals surface area contributed by atoms with Crippen LogP contribution >= 0.6 is 0 Å². The highest BCUT2D eigenvalue weighted by Crippen LogP contribution is 2.36. The number of para-hydroxylation sites is 4. The third kappa shape index (κ3) is 3.47. The van der Waals surface area contributed by atoms with Crippen molar-refractivity contribution in [2.75, 3.05) is 0 Å². The second-order valence-corrected chi connectivity index (χ2v) is 11.0. The molecule has 4 heteroatoms. The van der Waals surface area contributed by atoms with Gasteiger partial charge in [0, 0.05) is 27.2 Å². The highest BCUT2D eigenvalue weighted by atomic mass is 16.1. The molecule has 202 valence electrons. The van der Waals surface area contributed by atoms with Crippen LogP contribution in [0.5, 0.6) is 0 Å². The van der Waals surface area contributed by atoms with Crippen LogP contribution in [0, 0.1) is 0 Å². The molecule has 3 heterocycles. The van der Waals surface area contributed by atoms with Crippen LogP contribution in [0.25, 0.3) is 71.6 Å². The van der Waals surface area contributed by atoms with Gasteiger partial charge in [0.1, 0.15) is 0 Å². The average Bonchev–Trinajstić information content (AvgIpc) is 3.62. The van der Waals surface area contributed by atoms with Gasteiger partial charge in [-0.05, 0) is 77.9 Å². The molecule has 0 saturated heterocycles. The molecule has 0 aliphatic carbocycles. The zero-order valence-corrected chi connectivity index (χ0v) is 23.2. The van der Waals surface area contributed by atoms with Crippen molar-refractivity contribution in [3.05, 3.63) is 162 Å². The van der Waals surface area contributed by atoms with Gasteiger partial charge in [-0.15, -0.1) is 0 Å². The molecule has 0 aliphatic rings. The zero-order valence-electron chi connectivity index (χ0n) is 23.2. The summed E-state index contributed by atoms with van der Waals surface area (Å²) in [6.07, 6.45) is 0. The maximum Gasteiger partial charge on any atom is 0.338 e. The van der Waals surface area contributed by atoms with Crippen molar-refractivity contribution in [1.82, 2.24) is 13.5 Å². The summed E-state index contributed by atoms with van der Waals surface area (Å²) >= 11 is 0. The number of benzene rings is 6. The average molecular weight is 552 g/mol. The molecule has 0 saturated carbocycles. The number of nitrogens with zero attached hydrogens (tertiary/aromatic N) is 3. The second-order valence-electron chi connectivity index (χ2n) is 11.0. The molecule has 9 rings (SSSR count). The summed E-state index contributed by atoms with van der Waals surface area (Å²) in [6.45, 7) is 0.